The van der Waals surface area contributed by atoms with Crippen LogP contribution in [0.5, 0.6) is 0 Å². The van der Waals surface area contributed by atoms with E-state index in [1.54, 1.807) is 11.3 Å². The molecule has 2 heterocycles. The Kier molecular flexibility index (Phi) is 8.33. The third-order valence-electron chi connectivity index (χ3n) is 3.52. The fraction of sp³-hybridized carbons (Fsp3) is 0.588. The van der Waals surface area contributed by atoms with Gasteiger partial charge in [-0.05, 0) is 20.8 Å². The number of aryl methyl sites for hydroxylation is 2. The first-order chi connectivity index (χ1) is 11.3. The van der Waals surface area contributed by atoms with Gasteiger partial charge in [0.2, 0.25) is 5.89 Å². The maximum absolute atomic E-state index is 5.56. The molecule has 2 aromatic heterocycles. The topological polar surface area (TPSA) is 75.3 Å². The fourth-order valence-electron chi connectivity index (χ4n) is 1.99. The molecule has 140 valence electrons. The molecule has 0 aliphatic carbocycles. The number of hydrogen-bond donors (Lipinski definition) is 2. The Hall–Kier alpha value is -1.16. The van der Waals surface area contributed by atoms with Crippen molar-refractivity contribution in [1.29, 1.82) is 0 Å². The van der Waals surface area contributed by atoms with E-state index in [9.17, 15) is 0 Å². The summed E-state index contributed by atoms with van der Waals surface area (Å²) in [7, 11) is 0. The van der Waals surface area contributed by atoms with E-state index in [2.05, 4.69) is 51.7 Å². The number of aromatic nitrogens is 2. The molecule has 25 heavy (non-hydrogen) atoms. The van der Waals surface area contributed by atoms with Crippen molar-refractivity contribution in [3.63, 3.8) is 0 Å². The summed E-state index contributed by atoms with van der Waals surface area (Å²) >= 11 is 1.67. The zero-order valence-electron chi connectivity index (χ0n) is 15.8. The van der Waals surface area contributed by atoms with Crippen LogP contribution in [0.25, 0.3) is 0 Å². The molecule has 2 aromatic rings. The van der Waals surface area contributed by atoms with Gasteiger partial charge in [0.15, 0.2) is 5.96 Å². The third-order valence-corrected chi connectivity index (χ3v) is 4.37. The van der Waals surface area contributed by atoms with Crippen LogP contribution in [0.1, 0.15) is 55.7 Å². The maximum atomic E-state index is 5.56. The Bertz CT molecular complexity index is 683. The summed E-state index contributed by atoms with van der Waals surface area (Å²) in [5, 5.41) is 9.71. The SMILES string of the molecule is CCNC(=NCc1nc(C)c(C)o1)NCc1nc(C(C)(C)C)cs1.I. The zero-order valence-corrected chi connectivity index (χ0v) is 18.9. The van der Waals surface area contributed by atoms with Crippen LogP contribution in [0.2, 0.25) is 0 Å². The fourth-order valence-corrected chi connectivity index (χ4v) is 2.95. The summed E-state index contributed by atoms with van der Waals surface area (Å²) in [6.07, 6.45) is 0. The molecule has 0 fully saturated rings. The van der Waals surface area contributed by atoms with E-state index in [1.165, 1.54) is 0 Å². The average Bonchev–Trinajstić information content (AvgIpc) is 3.09. The Morgan fingerprint density at radius 3 is 2.48 bits per heavy atom. The standard InChI is InChI=1S/C17H27N5OS.HI/c1-7-18-16(19-8-14-21-11(2)12(3)23-14)20-9-15-22-13(10-24-15)17(4,5)6;/h10H,7-9H2,1-6H3,(H2,18,19,20);1H. The first-order valence-corrected chi connectivity index (χ1v) is 9.07. The summed E-state index contributed by atoms with van der Waals surface area (Å²) in [4.78, 5) is 13.6. The molecule has 0 atom stereocenters. The molecule has 2 N–H and O–H groups in total. The number of thiazole rings is 1. The van der Waals surface area contributed by atoms with Gasteiger partial charge in [0.25, 0.3) is 0 Å². The minimum atomic E-state index is 0. The Morgan fingerprint density at radius 2 is 1.96 bits per heavy atom. The first-order valence-electron chi connectivity index (χ1n) is 8.19. The highest BCUT2D eigenvalue weighted by Gasteiger charge is 2.17. The van der Waals surface area contributed by atoms with Crippen LogP contribution in [0.15, 0.2) is 14.8 Å². The Labute approximate surface area is 171 Å². The van der Waals surface area contributed by atoms with E-state index in [1.807, 2.05) is 20.8 Å². The molecule has 0 radical (unpaired) electrons. The number of halogens is 1. The third kappa shape index (κ3) is 6.58. The second kappa shape index (κ2) is 9.51. The van der Waals surface area contributed by atoms with E-state index in [-0.39, 0.29) is 29.4 Å². The van der Waals surface area contributed by atoms with Gasteiger partial charge in [-0.2, -0.15) is 0 Å². The van der Waals surface area contributed by atoms with Gasteiger partial charge in [0.1, 0.15) is 17.3 Å². The molecule has 6 nitrogen and oxygen atoms in total. The molecular weight excluding hydrogens is 449 g/mol. The molecule has 0 bridgehead atoms. The maximum Gasteiger partial charge on any atom is 0.216 e. The number of guanidine groups is 1. The lowest BCUT2D eigenvalue weighted by molar-refractivity contribution is 0.473. The van der Waals surface area contributed by atoms with Crippen molar-refractivity contribution in [2.24, 2.45) is 4.99 Å². The summed E-state index contributed by atoms with van der Waals surface area (Å²) in [6, 6.07) is 0. The smallest absolute Gasteiger partial charge is 0.216 e. The lowest BCUT2D eigenvalue weighted by atomic mass is 9.93. The van der Waals surface area contributed by atoms with Crippen LogP contribution in [0.3, 0.4) is 0 Å². The highest BCUT2D eigenvalue weighted by atomic mass is 127. The van der Waals surface area contributed by atoms with E-state index in [0.717, 1.165) is 34.7 Å². The van der Waals surface area contributed by atoms with Gasteiger partial charge in [0.05, 0.1) is 17.9 Å². The monoisotopic (exact) mass is 477 g/mol. The molecule has 0 aliphatic rings. The highest BCUT2D eigenvalue weighted by Crippen LogP contribution is 2.23. The largest absolute Gasteiger partial charge is 0.444 e. The van der Waals surface area contributed by atoms with Gasteiger partial charge in [-0.3, -0.25) is 0 Å². The number of aliphatic imine (C=N–C) groups is 1. The van der Waals surface area contributed by atoms with Crippen molar-refractivity contribution in [1.82, 2.24) is 20.6 Å². The molecule has 0 unspecified atom stereocenters. The molecule has 2 rings (SSSR count). The molecule has 8 heteroatoms. The molecule has 0 aromatic carbocycles. The van der Waals surface area contributed by atoms with Gasteiger partial charge in [-0.15, -0.1) is 35.3 Å². The van der Waals surface area contributed by atoms with Crippen molar-refractivity contribution in [3.8, 4) is 0 Å². The normalized spacial score (nSPS) is 12.0. The second-order valence-corrected chi connectivity index (χ2v) is 7.62. The van der Waals surface area contributed by atoms with E-state index in [0.29, 0.717) is 19.0 Å². The lowest BCUT2D eigenvalue weighted by Gasteiger charge is -2.14. The van der Waals surface area contributed by atoms with Crippen molar-refractivity contribution in [3.05, 3.63) is 33.4 Å². The number of oxazole rings is 1. The summed E-state index contributed by atoms with van der Waals surface area (Å²) in [5.74, 6) is 2.21. The van der Waals surface area contributed by atoms with Crippen LogP contribution >= 0.6 is 35.3 Å². The summed E-state index contributed by atoms with van der Waals surface area (Å²) in [6.45, 7) is 14.3. The molecule has 0 aliphatic heterocycles. The molecule has 0 saturated carbocycles. The average molecular weight is 477 g/mol. The van der Waals surface area contributed by atoms with Crippen LogP contribution in [0.4, 0.5) is 0 Å². The predicted octanol–water partition coefficient (Wildman–Crippen LogP) is 3.92. The van der Waals surface area contributed by atoms with Crippen molar-refractivity contribution in [2.75, 3.05) is 6.54 Å². The first kappa shape index (κ1) is 21.9. The molecule has 0 spiro atoms. The van der Waals surface area contributed by atoms with Crippen molar-refractivity contribution in [2.45, 2.75) is 60.0 Å². The second-order valence-electron chi connectivity index (χ2n) is 6.67. The lowest BCUT2D eigenvalue weighted by Crippen LogP contribution is -2.36. The van der Waals surface area contributed by atoms with Crippen LogP contribution < -0.4 is 10.6 Å². The van der Waals surface area contributed by atoms with Crippen molar-refractivity contribution >= 4 is 41.3 Å². The van der Waals surface area contributed by atoms with Gasteiger partial charge in [-0.1, -0.05) is 20.8 Å². The van der Waals surface area contributed by atoms with Gasteiger partial charge in [0, 0.05) is 17.3 Å². The summed E-state index contributed by atoms with van der Waals surface area (Å²) in [5.41, 5.74) is 2.11. The Balaban J connectivity index is 0.00000312. The number of rotatable bonds is 5. The molecule has 0 amide bonds. The molecular formula is C17H28IN5OS. The van der Waals surface area contributed by atoms with Gasteiger partial charge >= 0.3 is 0 Å². The van der Waals surface area contributed by atoms with Crippen LogP contribution in [-0.2, 0) is 18.5 Å². The highest BCUT2D eigenvalue weighted by molar-refractivity contribution is 14.0. The van der Waals surface area contributed by atoms with Gasteiger partial charge < -0.3 is 15.1 Å². The minimum Gasteiger partial charge on any atom is -0.444 e. The number of nitrogens with zero attached hydrogens (tertiary/aromatic N) is 3. The van der Waals surface area contributed by atoms with E-state index >= 15 is 0 Å². The Morgan fingerprint density at radius 1 is 1.24 bits per heavy atom. The van der Waals surface area contributed by atoms with Gasteiger partial charge in [-0.25, -0.2) is 15.0 Å². The zero-order chi connectivity index (χ0) is 17.7. The molecule has 0 saturated heterocycles. The summed E-state index contributed by atoms with van der Waals surface area (Å²) < 4.78 is 5.56. The van der Waals surface area contributed by atoms with Crippen molar-refractivity contribution < 1.29 is 4.42 Å². The van der Waals surface area contributed by atoms with Crippen LogP contribution in [-0.4, -0.2) is 22.5 Å². The number of nitrogens with one attached hydrogen (secondary N) is 2. The minimum absolute atomic E-state index is 0. The predicted molar refractivity (Wildman–Crippen MR) is 114 cm³/mol. The van der Waals surface area contributed by atoms with Crippen LogP contribution in [0, 0.1) is 13.8 Å². The number of hydrogen-bond acceptors (Lipinski definition) is 5. The van der Waals surface area contributed by atoms with E-state index in [4.69, 9.17) is 4.42 Å². The quantitative estimate of drug-likeness (QED) is 0.388. The van der Waals surface area contributed by atoms with E-state index < -0.39 is 0 Å².